The van der Waals surface area contributed by atoms with Crippen LogP contribution in [0.5, 0.6) is 0 Å². The van der Waals surface area contributed by atoms with Gasteiger partial charge in [0.2, 0.25) is 5.89 Å². The van der Waals surface area contributed by atoms with Crippen molar-refractivity contribution in [1.82, 2.24) is 4.98 Å². The number of alkyl halides is 3. The molecule has 0 bridgehead atoms. The van der Waals surface area contributed by atoms with Crippen molar-refractivity contribution in [3.8, 4) is 11.5 Å². The van der Waals surface area contributed by atoms with Crippen molar-refractivity contribution in [3.05, 3.63) is 47.5 Å². The predicted octanol–water partition coefficient (Wildman–Crippen LogP) is 5.03. The molecule has 136 valence electrons. The highest BCUT2D eigenvalue weighted by atomic mass is 19.4. The first-order valence-electron chi connectivity index (χ1n) is 8.07. The number of nitrogens with zero attached hydrogens (tertiary/aromatic N) is 2. The average Bonchev–Trinajstić information content (AvgIpc) is 2.98. The standard InChI is InChI=1S/C19H17F3N2O2/c1-4-24(18(25)19(20,21)22)14-7-5-6-13(10-14)17-23-15-8-11(2)12(3)9-16(15)26-17/h5-10H,4H2,1-3H3. The second-order valence-electron chi connectivity index (χ2n) is 6.02. The summed E-state index contributed by atoms with van der Waals surface area (Å²) in [4.78, 5) is 16.7. The van der Waals surface area contributed by atoms with E-state index < -0.39 is 12.1 Å². The van der Waals surface area contributed by atoms with E-state index >= 15 is 0 Å². The molecule has 1 aromatic heterocycles. The van der Waals surface area contributed by atoms with E-state index in [1.54, 1.807) is 12.1 Å². The molecule has 0 saturated carbocycles. The molecule has 0 spiro atoms. The first kappa shape index (κ1) is 18.0. The van der Waals surface area contributed by atoms with Gasteiger partial charge in [-0.2, -0.15) is 13.2 Å². The van der Waals surface area contributed by atoms with Crippen LogP contribution >= 0.6 is 0 Å². The lowest BCUT2D eigenvalue weighted by atomic mass is 10.1. The van der Waals surface area contributed by atoms with Gasteiger partial charge in [0.15, 0.2) is 5.58 Å². The van der Waals surface area contributed by atoms with Crippen molar-refractivity contribution in [2.45, 2.75) is 26.9 Å². The maximum absolute atomic E-state index is 12.8. The molecule has 1 heterocycles. The third-order valence-electron chi connectivity index (χ3n) is 4.21. The van der Waals surface area contributed by atoms with Crippen molar-refractivity contribution >= 4 is 22.7 Å². The molecular formula is C19H17F3N2O2. The minimum absolute atomic E-state index is 0.103. The van der Waals surface area contributed by atoms with Crippen LogP contribution in [0, 0.1) is 13.8 Å². The normalized spacial score (nSPS) is 11.8. The van der Waals surface area contributed by atoms with Gasteiger partial charge in [0.25, 0.3) is 0 Å². The Morgan fingerprint density at radius 2 is 1.85 bits per heavy atom. The van der Waals surface area contributed by atoms with Gasteiger partial charge in [-0.3, -0.25) is 4.79 Å². The SMILES string of the molecule is CCN(C(=O)C(F)(F)F)c1cccc(-c2nc3cc(C)c(C)cc3o2)c1. The van der Waals surface area contributed by atoms with E-state index in [9.17, 15) is 18.0 Å². The number of halogens is 3. The Kier molecular flexibility index (Phi) is 4.48. The smallest absolute Gasteiger partial charge is 0.436 e. The molecule has 2 aromatic carbocycles. The van der Waals surface area contributed by atoms with Gasteiger partial charge in [-0.1, -0.05) is 6.07 Å². The van der Waals surface area contributed by atoms with Crippen molar-refractivity contribution in [2.75, 3.05) is 11.4 Å². The number of aromatic nitrogens is 1. The summed E-state index contributed by atoms with van der Waals surface area (Å²) in [5, 5.41) is 0. The molecule has 1 amide bonds. The summed E-state index contributed by atoms with van der Waals surface area (Å²) in [5.41, 5.74) is 4.05. The predicted molar refractivity (Wildman–Crippen MR) is 93.0 cm³/mol. The van der Waals surface area contributed by atoms with Crippen LogP contribution in [0.2, 0.25) is 0 Å². The second kappa shape index (κ2) is 6.48. The number of aryl methyl sites for hydroxylation is 2. The summed E-state index contributed by atoms with van der Waals surface area (Å²) >= 11 is 0. The summed E-state index contributed by atoms with van der Waals surface area (Å²) in [6.07, 6.45) is -4.93. The molecule has 7 heteroatoms. The van der Waals surface area contributed by atoms with E-state index in [2.05, 4.69) is 4.98 Å². The third kappa shape index (κ3) is 3.29. The van der Waals surface area contributed by atoms with E-state index in [0.29, 0.717) is 27.5 Å². The Labute approximate surface area is 148 Å². The van der Waals surface area contributed by atoms with Gasteiger partial charge in [0.1, 0.15) is 5.52 Å². The minimum Gasteiger partial charge on any atom is -0.436 e. The van der Waals surface area contributed by atoms with Crippen LogP contribution in [0.25, 0.3) is 22.6 Å². The highest BCUT2D eigenvalue weighted by molar-refractivity contribution is 5.97. The Morgan fingerprint density at radius 3 is 2.50 bits per heavy atom. The fourth-order valence-corrected chi connectivity index (χ4v) is 2.71. The number of oxazole rings is 1. The maximum Gasteiger partial charge on any atom is 0.471 e. The Morgan fingerprint density at radius 1 is 1.15 bits per heavy atom. The first-order valence-corrected chi connectivity index (χ1v) is 8.07. The number of hydrogen-bond acceptors (Lipinski definition) is 3. The molecule has 26 heavy (non-hydrogen) atoms. The molecule has 0 aliphatic heterocycles. The van der Waals surface area contributed by atoms with Gasteiger partial charge in [0.05, 0.1) is 0 Å². The number of amides is 1. The van der Waals surface area contributed by atoms with E-state index in [1.165, 1.54) is 19.1 Å². The molecule has 0 saturated heterocycles. The van der Waals surface area contributed by atoms with Crippen LogP contribution in [0.3, 0.4) is 0 Å². The quantitative estimate of drug-likeness (QED) is 0.657. The number of fused-ring (bicyclic) bond motifs is 1. The first-order chi connectivity index (χ1) is 12.2. The lowest BCUT2D eigenvalue weighted by molar-refractivity contribution is -0.170. The summed E-state index contributed by atoms with van der Waals surface area (Å²) in [5.74, 6) is -1.61. The fraction of sp³-hybridized carbons (Fsp3) is 0.263. The highest BCUT2D eigenvalue weighted by Crippen LogP contribution is 2.30. The van der Waals surface area contributed by atoms with E-state index in [4.69, 9.17) is 4.42 Å². The zero-order valence-corrected chi connectivity index (χ0v) is 14.5. The highest BCUT2D eigenvalue weighted by Gasteiger charge is 2.42. The monoisotopic (exact) mass is 362 g/mol. The Bertz CT molecular complexity index is 938. The molecule has 0 aliphatic rings. The number of rotatable bonds is 3. The largest absolute Gasteiger partial charge is 0.471 e. The fourth-order valence-electron chi connectivity index (χ4n) is 2.71. The van der Waals surface area contributed by atoms with Crippen LogP contribution in [0.1, 0.15) is 18.1 Å². The molecule has 0 radical (unpaired) electrons. The minimum atomic E-state index is -4.93. The lowest BCUT2D eigenvalue weighted by Gasteiger charge is -2.22. The average molecular weight is 362 g/mol. The molecule has 0 N–H and O–H groups in total. The molecular weight excluding hydrogens is 345 g/mol. The lowest BCUT2D eigenvalue weighted by Crippen LogP contribution is -2.41. The maximum atomic E-state index is 12.8. The van der Waals surface area contributed by atoms with Gasteiger partial charge in [0, 0.05) is 17.8 Å². The molecule has 0 atom stereocenters. The molecule has 0 fully saturated rings. The second-order valence-corrected chi connectivity index (χ2v) is 6.02. The molecule has 0 aliphatic carbocycles. The van der Waals surface area contributed by atoms with E-state index in [1.807, 2.05) is 26.0 Å². The summed E-state index contributed by atoms with van der Waals surface area (Å²) in [6.45, 7) is 5.31. The van der Waals surface area contributed by atoms with Crippen molar-refractivity contribution in [3.63, 3.8) is 0 Å². The van der Waals surface area contributed by atoms with Crippen LogP contribution in [0.4, 0.5) is 18.9 Å². The van der Waals surface area contributed by atoms with Gasteiger partial charge in [-0.05, 0) is 62.2 Å². The topological polar surface area (TPSA) is 46.3 Å². The molecule has 0 unspecified atom stereocenters. The van der Waals surface area contributed by atoms with Crippen LogP contribution < -0.4 is 4.90 Å². The van der Waals surface area contributed by atoms with Crippen molar-refractivity contribution < 1.29 is 22.4 Å². The number of carbonyl (C=O) groups is 1. The molecule has 3 rings (SSSR count). The van der Waals surface area contributed by atoms with Crippen molar-refractivity contribution in [1.29, 1.82) is 0 Å². The van der Waals surface area contributed by atoms with E-state index in [-0.39, 0.29) is 12.2 Å². The summed E-state index contributed by atoms with van der Waals surface area (Å²) < 4.78 is 44.1. The number of anilines is 1. The molecule has 3 aromatic rings. The van der Waals surface area contributed by atoms with Crippen molar-refractivity contribution in [2.24, 2.45) is 0 Å². The van der Waals surface area contributed by atoms with Gasteiger partial charge < -0.3 is 9.32 Å². The van der Waals surface area contributed by atoms with E-state index in [0.717, 1.165) is 11.1 Å². The molecule has 4 nitrogen and oxygen atoms in total. The third-order valence-corrected chi connectivity index (χ3v) is 4.21. The number of benzene rings is 2. The van der Waals surface area contributed by atoms with Gasteiger partial charge >= 0.3 is 12.1 Å². The zero-order chi connectivity index (χ0) is 19.1. The van der Waals surface area contributed by atoms with Crippen LogP contribution in [0.15, 0.2) is 40.8 Å². The Hall–Kier alpha value is -2.83. The van der Waals surface area contributed by atoms with Gasteiger partial charge in [-0.15, -0.1) is 0 Å². The summed E-state index contributed by atoms with van der Waals surface area (Å²) in [7, 11) is 0. The zero-order valence-electron chi connectivity index (χ0n) is 14.5. The Balaban J connectivity index is 2.03. The number of carbonyl (C=O) groups excluding carboxylic acids is 1. The summed E-state index contributed by atoms with van der Waals surface area (Å²) in [6, 6.07) is 9.94. The number of hydrogen-bond donors (Lipinski definition) is 0. The van der Waals surface area contributed by atoms with Gasteiger partial charge in [-0.25, -0.2) is 4.98 Å². The van der Waals surface area contributed by atoms with Crippen LogP contribution in [-0.4, -0.2) is 23.6 Å². The van der Waals surface area contributed by atoms with Crippen LogP contribution in [-0.2, 0) is 4.79 Å².